The maximum absolute atomic E-state index is 12.9. The van der Waals surface area contributed by atoms with Crippen LogP contribution in [0.3, 0.4) is 0 Å². The summed E-state index contributed by atoms with van der Waals surface area (Å²) in [6, 6.07) is 13.3. The van der Waals surface area contributed by atoms with Gasteiger partial charge >= 0.3 is 0 Å². The van der Waals surface area contributed by atoms with Gasteiger partial charge in [-0.2, -0.15) is 0 Å². The van der Waals surface area contributed by atoms with Gasteiger partial charge in [0.25, 0.3) is 5.91 Å². The molecule has 0 fully saturated rings. The fraction of sp³-hybridized carbons (Fsp3) is 0.364. The highest BCUT2D eigenvalue weighted by atomic mass is 35.5. The van der Waals surface area contributed by atoms with Gasteiger partial charge in [0.15, 0.2) is 6.61 Å². The van der Waals surface area contributed by atoms with Crippen molar-refractivity contribution < 1.29 is 14.3 Å². The van der Waals surface area contributed by atoms with Gasteiger partial charge in [0.2, 0.25) is 5.91 Å². The number of halogens is 2. The number of hydrogen-bond acceptors (Lipinski definition) is 3. The highest BCUT2D eigenvalue weighted by Crippen LogP contribution is 2.17. The Bertz CT molecular complexity index is 810. The van der Waals surface area contributed by atoms with Gasteiger partial charge in [0, 0.05) is 22.6 Å². The van der Waals surface area contributed by atoms with E-state index in [9.17, 15) is 9.59 Å². The molecule has 0 heterocycles. The van der Waals surface area contributed by atoms with Gasteiger partial charge in [-0.1, -0.05) is 42.3 Å². The molecule has 5 nitrogen and oxygen atoms in total. The summed E-state index contributed by atoms with van der Waals surface area (Å²) in [5.41, 5.74) is 0.873. The Hall–Kier alpha value is -2.24. The summed E-state index contributed by atoms with van der Waals surface area (Å²) in [6.07, 6.45) is 0.809. The Labute approximate surface area is 181 Å². The predicted molar refractivity (Wildman–Crippen MR) is 116 cm³/mol. The summed E-state index contributed by atoms with van der Waals surface area (Å²) in [7, 11) is 0. The summed E-state index contributed by atoms with van der Waals surface area (Å²) < 4.78 is 5.59. The van der Waals surface area contributed by atoms with Crippen molar-refractivity contribution in [3.63, 3.8) is 0 Å². The highest BCUT2D eigenvalue weighted by Gasteiger charge is 2.27. The minimum Gasteiger partial charge on any atom is -0.484 e. The first-order valence-electron chi connectivity index (χ1n) is 9.52. The van der Waals surface area contributed by atoms with Crippen LogP contribution in [0.1, 0.15) is 32.8 Å². The molecule has 29 heavy (non-hydrogen) atoms. The van der Waals surface area contributed by atoms with E-state index in [1.165, 1.54) is 4.90 Å². The molecule has 0 aliphatic carbocycles. The molecule has 0 aromatic heterocycles. The average Bonchev–Trinajstić information content (AvgIpc) is 2.72. The van der Waals surface area contributed by atoms with Crippen molar-refractivity contribution in [1.82, 2.24) is 10.2 Å². The van der Waals surface area contributed by atoms with Crippen molar-refractivity contribution in [1.29, 1.82) is 0 Å². The number of hydrogen-bond donors (Lipinski definition) is 1. The summed E-state index contributed by atoms with van der Waals surface area (Å²) in [5.74, 6) is 0.0424. The minimum absolute atomic E-state index is 0.0303. The van der Waals surface area contributed by atoms with Crippen molar-refractivity contribution in [3.05, 3.63) is 64.1 Å². The van der Waals surface area contributed by atoms with Gasteiger partial charge in [0.1, 0.15) is 11.8 Å². The lowest BCUT2D eigenvalue weighted by Gasteiger charge is -2.29. The van der Waals surface area contributed by atoms with Crippen molar-refractivity contribution in [3.8, 4) is 5.75 Å². The number of carbonyl (C=O) groups excluding carboxylic acids is 2. The van der Waals surface area contributed by atoms with Crippen LogP contribution < -0.4 is 10.1 Å². The van der Waals surface area contributed by atoms with E-state index in [1.807, 2.05) is 26.0 Å². The zero-order chi connectivity index (χ0) is 21.4. The lowest BCUT2D eigenvalue weighted by atomic mass is 10.1. The fourth-order valence-electron chi connectivity index (χ4n) is 2.59. The van der Waals surface area contributed by atoms with Crippen LogP contribution >= 0.6 is 23.2 Å². The number of benzene rings is 2. The molecule has 0 radical (unpaired) electrons. The van der Waals surface area contributed by atoms with Crippen LogP contribution in [0.4, 0.5) is 0 Å². The van der Waals surface area contributed by atoms with Gasteiger partial charge < -0.3 is 15.0 Å². The molecule has 0 saturated heterocycles. The lowest BCUT2D eigenvalue weighted by molar-refractivity contribution is -0.142. The molecular formula is C22H26Cl2N2O3. The van der Waals surface area contributed by atoms with Crippen LogP contribution in [0.5, 0.6) is 5.75 Å². The standard InChI is InChI=1S/C22H26Cl2N2O3/c1-4-15(2)25-22(28)16(3)26(13-17-5-7-18(23)8-6-17)21(27)14-29-20-11-9-19(24)10-12-20/h5-12,15-16H,4,13-14H2,1-3H3,(H,25,28)/t15-,16-/m1/s1. The third-order valence-corrected chi connectivity index (χ3v) is 5.11. The molecule has 7 heteroatoms. The van der Waals surface area contributed by atoms with Crippen LogP contribution in [-0.2, 0) is 16.1 Å². The largest absolute Gasteiger partial charge is 0.484 e. The molecule has 2 atom stereocenters. The maximum Gasteiger partial charge on any atom is 0.261 e. The predicted octanol–water partition coefficient (Wildman–Crippen LogP) is 4.70. The van der Waals surface area contributed by atoms with E-state index in [1.54, 1.807) is 43.3 Å². The highest BCUT2D eigenvalue weighted by molar-refractivity contribution is 6.30. The van der Waals surface area contributed by atoms with Gasteiger partial charge in [-0.15, -0.1) is 0 Å². The summed E-state index contributed by atoms with van der Waals surface area (Å²) in [4.78, 5) is 27.1. The lowest BCUT2D eigenvalue weighted by Crippen LogP contribution is -2.50. The van der Waals surface area contributed by atoms with Crippen LogP contribution in [-0.4, -0.2) is 35.4 Å². The van der Waals surface area contributed by atoms with E-state index >= 15 is 0 Å². The average molecular weight is 437 g/mol. The van der Waals surface area contributed by atoms with Gasteiger partial charge in [-0.25, -0.2) is 0 Å². The zero-order valence-electron chi connectivity index (χ0n) is 16.8. The normalized spacial score (nSPS) is 12.7. The second-order valence-corrected chi connectivity index (χ2v) is 7.76. The van der Waals surface area contributed by atoms with Gasteiger partial charge in [0.05, 0.1) is 0 Å². The first-order valence-corrected chi connectivity index (χ1v) is 10.3. The zero-order valence-corrected chi connectivity index (χ0v) is 18.3. The summed E-state index contributed by atoms with van der Waals surface area (Å²) in [5, 5.41) is 4.13. The Balaban J connectivity index is 2.13. The number of rotatable bonds is 9. The third-order valence-electron chi connectivity index (χ3n) is 4.61. The van der Waals surface area contributed by atoms with E-state index in [0.29, 0.717) is 15.8 Å². The Morgan fingerprint density at radius 3 is 2.10 bits per heavy atom. The minimum atomic E-state index is -0.652. The molecular weight excluding hydrogens is 411 g/mol. The molecule has 0 aliphatic rings. The number of nitrogens with zero attached hydrogens (tertiary/aromatic N) is 1. The van der Waals surface area contributed by atoms with Crippen LogP contribution in [0, 0.1) is 0 Å². The molecule has 0 bridgehead atoms. The monoisotopic (exact) mass is 436 g/mol. The van der Waals surface area contributed by atoms with Crippen LogP contribution in [0.15, 0.2) is 48.5 Å². The molecule has 2 rings (SSSR count). The summed E-state index contributed by atoms with van der Waals surface area (Å²) >= 11 is 11.8. The topological polar surface area (TPSA) is 58.6 Å². The number of nitrogens with one attached hydrogen (secondary N) is 1. The van der Waals surface area contributed by atoms with Gasteiger partial charge in [-0.05, 0) is 62.2 Å². The van der Waals surface area contributed by atoms with Gasteiger partial charge in [-0.3, -0.25) is 9.59 Å². The van der Waals surface area contributed by atoms with E-state index < -0.39 is 6.04 Å². The van der Waals surface area contributed by atoms with E-state index in [2.05, 4.69) is 5.32 Å². The number of ether oxygens (including phenoxy) is 1. The molecule has 2 aromatic rings. The van der Waals surface area contributed by atoms with Crippen molar-refractivity contribution in [2.45, 2.75) is 45.8 Å². The molecule has 0 aliphatic heterocycles. The molecule has 2 aromatic carbocycles. The molecule has 0 unspecified atom stereocenters. The SMILES string of the molecule is CC[C@@H](C)NC(=O)[C@@H](C)N(Cc1ccc(Cl)cc1)C(=O)COc1ccc(Cl)cc1. The fourth-order valence-corrected chi connectivity index (χ4v) is 2.85. The maximum atomic E-state index is 12.9. The second kappa shape index (κ2) is 11.1. The molecule has 0 spiro atoms. The number of amides is 2. The van der Waals surface area contributed by atoms with Crippen molar-refractivity contribution in [2.24, 2.45) is 0 Å². The number of carbonyl (C=O) groups is 2. The van der Waals surface area contributed by atoms with Crippen molar-refractivity contribution in [2.75, 3.05) is 6.61 Å². The Morgan fingerprint density at radius 1 is 1.00 bits per heavy atom. The molecule has 2 amide bonds. The van der Waals surface area contributed by atoms with Crippen LogP contribution in [0.2, 0.25) is 10.0 Å². The Kier molecular flexibility index (Phi) is 8.80. The summed E-state index contributed by atoms with van der Waals surface area (Å²) in [6.45, 7) is 5.73. The van der Waals surface area contributed by atoms with E-state index in [0.717, 1.165) is 12.0 Å². The first kappa shape index (κ1) is 23.0. The molecule has 1 N–H and O–H groups in total. The van der Waals surface area contributed by atoms with Crippen LogP contribution in [0.25, 0.3) is 0 Å². The molecule has 0 saturated carbocycles. The quantitative estimate of drug-likeness (QED) is 0.619. The molecule has 156 valence electrons. The first-order chi connectivity index (χ1) is 13.8. The third kappa shape index (κ3) is 7.26. The Morgan fingerprint density at radius 2 is 1.55 bits per heavy atom. The smallest absolute Gasteiger partial charge is 0.261 e. The van der Waals surface area contributed by atoms with E-state index in [4.69, 9.17) is 27.9 Å². The van der Waals surface area contributed by atoms with E-state index in [-0.39, 0.29) is 31.0 Å². The second-order valence-electron chi connectivity index (χ2n) is 6.88. The van der Waals surface area contributed by atoms with Crippen molar-refractivity contribution >= 4 is 35.0 Å².